The SMILES string of the molecule is COc1ccc(C(=O)N2CCC[C@@H](C(=O)N3CCc4ccccc43)C2)c2ccccc12. The van der Waals surface area contributed by atoms with Crippen molar-refractivity contribution in [3.63, 3.8) is 0 Å². The Hall–Kier alpha value is -3.34. The van der Waals surface area contributed by atoms with Crippen molar-refractivity contribution in [3.05, 3.63) is 71.8 Å². The van der Waals surface area contributed by atoms with Gasteiger partial charge in [-0.25, -0.2) is 0 Å². The molecule has 2 aliphatic rings. The number of carbonyl (C=O) groups is 2. The fraction of sp³-hybridized carbons (Fsp3) is 0.308. The van der Waals surface area contributed by atoms with E-state index in [1.807, 2.05) is 64.4 Å². The number of ether oxygens (including phenoxy) is 1. The number of rotatable bonds is 3. The van der Waals surface area contributed by atoms with E-state index in [0.717, 1.165) is 48.0 Å². The highest BCUT2D eigenvalue weighted by Gasteiger charge is 2.34. The number of fused-ring (bicyclic) bond motifs is 2. The van der Waals surface area contributed by atoms with Crippen LogP contribution in [0, 0.1) is 5.92 Å². The number of para-hydroxylation sites is 1. The molecule has 5 heteroatoms. The Morgan fingerprint density at radius 2 is 1.71 bits per heavy atom. The van der Waals surface area contributed by atoms with Gasteiger partial charge in [-0.2, -0.15) is 0 Å². The van der Waals surface area contributed by atoms with Crippen LogP contribution in [0.25, 0.3) is 10.8 Å². The van der Waals surface area contributed by atoms with E-state index in [4.69, 9.17) is 4.74 Å². The maximum atomic E-state index is 13.5. The number of hydrogen-bond donors (Lipinski definition) is 0. The van der Waals surface area contributed by atoms with Crippen molar-refractivity contribution in [2.45, 2.75) is 19.3 Å². The van der Waals surface area contributed by atoms with Crippen LogP contribution < -0.4 is 9.64 Å². The second-order valence-corrected chi connectivity index (χ2v) is 8.32. The minimum atomic E-state index is -0.159. The van der Waals surface area contributed by atoms with Crippen LogP contribution in [-0.4, -0.2) is 43.5 Å². The average molecular weight is 415 g/mol. The third-order valence-corrected chi connectivity index (χ3v) is 6.55. The number of carbonyl (C=O) groups excluding carboxylic acids is 2. The van der Waals surface area contributed by atoms with E-state index in [1.165, 1.54) is 5.56 Å². The molecule has 31 heavy (non-hydrogen) atoms. The van der Waals surface area contributed by atoms with Gasteiger partial charge < -0.3 is 14.5 Å². The molecule has 2 heterocycles. The quantitative estimate of drug-likeness (QED) is 0.642. The highest BCUT2D eigenvalue weighted by atomic mass is 16.5. The molecule has 0 unspecified atom stereocenters. The molecule has 5 nitrogen and oxygen atoms in total. The normalized spacial score (nSPS) is 18.2. The van der Waals surface area contributed by atoms with Crippen LogP contribution in [0.5, 0.6) is 5.75 Å². The lowest BCUT2D eigenvalue weighted by Gasteiger charge is -2.34. The first-order chi connectivity index (χ1) is 15.2. The van der Waals surface area contributed by atoms with E-state index in [2.05, 4.69) is 6.07 Å². The van der Waals surface area contributed by atoms with Crippen molar-refractivity contribution in [1.29, 1.82) is 0 Å². The molecule has 158 valence electrons. The first kappa shape index (κ1) is 19.6. The molecule has 2 aliphatic heterocycles. The third kappa shape index (κ3) is 3.44. The lowest BCUT2D eigenvalue weighted by molar-refractivity contribution is -0.123. The fourth-order valence-electron chi connectivity index (χ4n) is 4.96. The summed E-state index contributed by atoms with van der Waals surface area (Å²) in [6.07, 6.45) is 2.56. The number of methoxy groups -OCH3 is 1. The number of hydrogen-bond acceptors (Lipinski definition) is 3. The Morgan fingerprint density at radius 3 is 2.55 bits per heavy atom. The highest BCUT2D eigenvalue weighted by Crippen LogP contribution is 2.32. The van der Waals surface area contributed by atoms with E-state index in [1.54, 1.807) is 7.11 Å². The fourth-order valence-corrected chi connectivity index (χ4v) is 4.96. The van der Waals surface area contributed by atoms with Crippen LogP contribution in [0.15, 0.2) is 60.7 Å². The number of likely N-dealkylation sites (tertiary alicyclic amines) is 1. The van der Waals surface area contributed by atoms with E-state index >= 15 is 0 Å². The molecular weight excluding hydrogens is 388 g/mol. The van der Waals surface area contributed by atoms with Gasteiger partial charge in [0.15, 0.2) is 0 Å². The minimum Gasteiger partial charge on any atom is -0.496 e. The second-order valence-electron chi connectivity index (χ2n) is 8.32. The van der Waals surface area contributed by atoms with Crippen molar-refractivity contribution >= 4 is 28.3 Å². The number of piperidine rings is 1. The standard InChI is InChI=1S/C26H26N2O3/c1-31-24-13-12-22(20-9-3-4-10-21(20)24)26(30)27-15-6-8-19(17-27)25(29)28-16-14-18-7-2-5-11-23(18)28/h2-5,7,9-13,19H,6,8,14-17H2,1H3/t19-/m1/s1. The topological polar surface area (TPSA) is 49.9 Å². The van der Waals surface area contributed by atoms with Crippen molar-refractivity contribution in [2.24, 2.45) is 5.92 Å². The van der Waals surface area contributed by atoms with Crippen molar-refractivity contribution in [2.75, 3.05) is 31.6 Å². The summed E-state index contributed by atoms with van der Waals surface area (Å²) in [7, 11) is 1.64. The average Bonchev–Trinajstić information content (AvgIpc) is 3.26. The van der Waals surface area contributed by atoms with Gasteiger partial charge in [-0.15, -0.1) is 0 Å². The zero-order chi connectivity index (χ0) is 21.4. The molecule has 2 amide bonds. The Bertz CT molecular complexity index is 1160. The largest absolute Gasteiger partial charge is 0.496 e. The van der Waals surface area contributed by atoms with Crippen LogP contribution in [0.3, 0.4) is 0 Å². The Morgan fingerprint density at radius 1 is 0.935 bits per heavy atom. The van der Waals surface area contributed by atoms with Gasteiger partial charge in [0.1, 0.15) is 5.75 Å². The van der Waals surface area contributed by atoms with Gasteiger partial charge in [-0.3, -0.25) is 9.59 Å². The third-order valence-electron chi connectivity index (χ3n) is 6.55. The predicted molar refractivity (Wildman–Crippen MR) is 122 cm³/mol. The molecule has 5 rings (SSSR count). The van der Waals surface area contributed by atoms with Crippen LogP contribution in [-0.2, 0) is 11.2 Å². The van der Waals surface area contributed by atoms with E-state index < -0.39 is 0 Å². The summed E-state index contributed by atoms with van der Waals surface area (Å²) in [5.74, 6) is 0.722. The van der Waals surface area contributed by atoms with E-state index in [-0.39, 0.29) is 17.7 Å². The molecule has 0 aliphatic carbocycles. The first-order valence-electron chi connectivity index (χ1n) is 10.9. The summed E-state index contributed by atoms with van der Waals surface area (Å²) in [5, 5.41) is 1.81. The van der Waals surface area contributed by atoms with Gasteiger partial charge in [-0.05, 0) is 48.4 Å². The number of anilines is 1. The van der Waals surface area contributed by atoms with E-state index in [0.29, 0.717) is 18.7 Å². The molecule has 0 spiro atoms. The van der Waals surface area contributed by atoms with Crippen LogP contribution in [0.4, 0.5) is 5.69 Å². The molecular formula is C26H26N2O3. The zero-order valence-corrected chi connectivity index (χ0v) is 17.7. The molecule has 3 aromatic rings. The van der Waals surface area contributed by atoms with Crippen molar-refractivity contribution in [3.8, 4) is 5.75 Å². The van der Waals surface area contributed by atoms with Gasteiger partial charge in [0.2, 0.25) is 5.91 Å². The maximum Gasteiger partial charge on any atom is 0.254 e. The summed E-state index contributed by atoms with van der Waals surface area (Å²) in [6, 6.07) is 19.6. The summed E-state index contributed by atoms with van der Waals surface area (Å²) < 4.78 is 5.47. The van der Waals surface area contributed by atoms with Gasteiger partial charge >= 0.3 is 0 Å². The minimum absolute atomic E-state index is 0.0156. The monoisotopic (exact) mass is 414 g/mol. The van der Waals surface area contributed by atoms with Crippen molar-refractivity contribution < 1.29 is 14.3 Å². The number of amides is 2. The van der Waals surface area contributed by atoms with Gasteiger partial charge in [0, 0.05) is 36.3 Å². The Kier molecular flexibility index (Phi) is 5.10. The molecule has 0 bridgehead atoms. The molecule has 1 atom stereocenters. The zero-order valence-electron chi connectivity index (χ0n) is 17.7. The Balaban J connectivity index is 1.38. The predicted octanol–water partition coefficient (Wildman–Crippen LogP) is 4.29. The Labute approximate surface area is 182 Å². The smallest absolute Gasteiger partial charge is 0.254 e. The second kappa shape index (κ2) is 8.06. The van der Waals surface area contributed by atoms with Gasteiger partial charge in [-0.1, -0.05) is 42.5 Å². The molecule has 1 saturated heterocycles. The van der Waals surface area contributed by atoms with E-state index in [9.17, 15) is 9.59 Å². The molecule has 0 N–H and O–H groups in total. The summed E-state index contributed by atoms with van der Waals surface area (Å²) in [5.41, 5.74) is 2.91. The van der Waals surface area contributed by atoms with Crippen LogP contribution in [0.2, 0.25) is 0 Å². The van der Waals surface area contributed by atoms with Gasteiger partial charge in [0.25, 0.3) is 5.91 Å². The summed E-state index contributed by atoms with van der Waals surface area (Å²) in [4.78, 5) is 30.6. The van der Waals surface area contributed by atoms with Crippen molar-refractivity contribution in [1.82, 2.24) is 4.90 Å². The first-order valence-corrected chi connectivity index (χ1v) is 10.9. The lowest BCUT2D eigenvalue weighted by atomic mass is 9.95. The molecule has 0 aromatic heterocycles. The number of benzene rings is 3. The molecule has 3 aromatic carbocycles. The van der Waals surface area contributed by atoms with Crippen LogP contribution >= 0.6 is 0 Å². The van der Waals surface area contributed by atoms with Crippen LogP contribution in [0.1, 0.15) is 28.8 Å². The molecule has 1 fully saturated rings. The molecule has 0 saturated carbocycles. The highest BCUT2D eigenvalue weighted by molar-refractivity contribution is 6.09. The lowest BCUT2D eigenvalue weighted by Crippen LogP contribution is -2.46. The maximum absolute atomic E-state index is 13.5. The summed E-state index contributed by atoms with van der Waals surface area (Å²) >= 11 is 0. The molecule has 0 radical (unpaired) electrons. The summed E-state index contributed by atoms with van der Waals surface area (Å²) in [6.45, 7) is 1.88. The van der Waals surface area contributed by atoms with Gasteiger partial charge in [0.05, 0.1) is 13.0 Å². The number of nitrogens with zero attached hydrogens (tertiary/aromatic N) is 2.